The average Bonchev–Trinajstić information content (AvgIpc) is 2.86. The number of nitro groups is 1. The Labute approximate surface area is 195 Å². The Morgan fingerprint density at radius 1 is 1.09 bits per heavy atom. The lowest BCUT2D eigenvalue weighted by molar-refractivity contribution is -0.384. The molecule has 1 heterocycles. The van der Waals surface area contributed by atoms with Crippen LogP contribution in [0.25, 0.3) is 0 Å². The second kappa shape index (κ2) is 9.78. The summed E-state index contributed by atoms with van der Waals surface area (Å²) in [5, 5.41) is 10.9. The number of halogens is 1. The van der Waals surface area contributed by atoms with E-state index in [0.717, 1.165) is 11.1 Å². The number of non-ortho nitro benzene ring substituents is 1. The zero-order valence-corrected chi connectivity index (χ0v) is 18.7. The van der Waals surface area contributed by atoms with E-state index in [4.69, 9.17) is 14.2 Å². The highest BCUT2D eigenvalue weighted by Crippen LogP contribution is 2.39. The van der Waals surface area contributed by atoms with Crippen molar-refractivity contribution in [1.29, 1.82) is 0 Å². The van der Waals surface area contributed by atoms with Crippen LogP contribution >= 0.6 is 0 Å². The highest BCUT2D eigenvalue weighted by atomic mass is 19.1. The molecule has 0 saturated carbocycles. The van der Waals surface area contributed by atoms with Crippen LogP contribution in [0.4, 0.5) is 10.1 Å². The molecule has 0 aliphatic carbocycles. The minimum atomic E-state index is -0.505. The van der Waals surface area contributed by atoms with E-state index >= 15 is 0 Å². The Morgan fingerprint density at radius 2 is 1.79 bits per heavy atom. The van der Waals surface area contributed by atoms with Gasteiger partial charge < -0.3 is 19.1 Å². The molecule has 0 N–H and O–H groups in total. The van der Waals surface area contributed by atoms with Crippen LogP contribution in [0.15, 0.2) is 60.7 Å². The van der Waals surface area contributed by atoms with Gasteiger partial charge >= 0.3 is 0 Å². The highest BCUT2D eigenvalue weighted by Gasteiger charge is 2.33. The van der Waals surface area contributed by atoms with Crippen molar-refractivity contribution in [3.05, 3.63) is 93.3 Å². The summed E-state index contributed by atoms with van der Waals surface area (Å²) in [4.78, 5) is 25.4. The van der Waals surface area contributed by atoms with Crippen molar-refractivity contribution in [2.45, 2.75) is 12.5 Å². The third-order valence-electron chi connectivity index (χ3n) is 5.79. The Kier molecular flexibility index (Phi) is 6.62. The number of methoxy groups -OCH3 is 2. The number of nitrogens with zero attached hydrogens (tertiary/aromatic N) is 2. The van der Waals surface area contributed by atoms with Crippen molar-refractivity contribution in [3.63, 3.8) is 0 Å². The molecule has 34 heavy (non-hydrogen) atoms. The Balaban J connectivity index is 1.68. The SMILES string of the molecule is COc1cc2c(cc1OC)C(COc1ccc([N+](=O)[O-])cc1)N(C(=O)c1cccc(F)c1)CC2. The quantitative estimate of drug-likeness (QED) is 0.374. The van der Waals surface area contributed by atoms with E-state index in [-0.39, 0.29) is 23.8 Å². The highest BCUT2D eigenvalue weighted by molar-refractivity contribution is 5.94. The number of hydrogen-bond acceptors (Lipinski definition) is 6. The van der Waals surface area contributed by atoms with Crippen LogP contribution in [0, 0.1) is 15.9 Å². The molecule has 176 valence electrons. The van der Waals surface area contributed by atoms with Gasteiger partial charge in [-0.15, -0.1) is 0 Å². The first-order valence-corrected chi connectivity index (χ1v) is 10.6. The Morgan fingerprint density at radius 3 is 2.44 bits per heavy atom. The van der Waals surface area contributed by atoms with Gasteiger partial charge in [0.2, 0.25) is 0 Å². The van der Waals surface area contributed by atoms with E-state index < -0.39 is 16.8 Å². The van der Waals surface area contributed by atoms with E-state index in [1.165, 1.54) is 49.6 Å². The number of ether oxygens (including phenoxy) is 3. The number of fused-ring (bicyclic) bond motifs is 1. The number of hydrogen-bond donors (Lipinski definition) is 0. The summed E-state index contributed by atoms with van der Waals surface area (Å²) < 4.78 is 30.6. The number of rotatable bonds is 7. The molecule has 0 bridgehead atoms. The molecule has 1 aliphatic heterocycles. The van der Waals surface area contributed by atoms with Gasteiger partial charge in [-0.2, -0.15) is 0 Å². The first-order chi connectivity index (χ1) is 16.4. The van der Waals surface area contributed by atoms with Crippen LogP contribution < -0.4 is 14.2 Å². The molecular weight excluding hydrogens is 443 g/mol. The van der Waals surface area contributed by atoms with Crippen molar-refractivity contribution in [1.82, 2.24) is 4.90 Å². The molecule has 3 aromatic rings. The molecule has 0 fully saturated rings. The maximum atomic E-state index is 13.8. The minimum absolute atomic E-state index is 0.0462. The maximum absolute atomic E-state index is 13.8. The number of amides is 1. The van der Waals surface area contributed by atoms with Gasteiger partial charge in [0.15, 0.2) is 11.5 Å². The summed E-state index contributed by atoms with van der Waals surface area (Å²) in [5.41, 5.74) is 2.01. The van der Waals surface area contributed by atoms with Crippen molar-refractivity contribution in [2.75, 3.05) is 27.4 Å². The van der Waals surface area contributed by atoms with E-state index in [9.17, 15) is 19.3 Å². The number of carbonyl (C=O) groups excluding carboxylic acids is 1. The minimum Gasteiger partial charge on any atom is -0.493 e. The summed E-state index contributed by atoms with van der Waals surface area (Å²) in [6, 6.07) is 14.5. The fourth-order valence-corrected chi connectivity index (χ4v) is 4.08. The lowest BCUT2D eigenvalue weighted by Crippen LogP contribution is -2.42. The van der Waals surface area contributed by atoms with Gasteiger partial charge in [-0.1, -0.05) is 6.07 Å². The summed E-state index contributed by atoms with van der Waals surface area (Å²) in [5.74, 6) is 0.713. The van der Waals surface area contributed by atoms with Crippen molar-refractivity contribution < 1.29 is 28.3 Å². The van der Waals surface area contributed by atoms with Crippen LogP contribution in [0.2, 0.25) is 0 Å². The van der Waals surface area contributed by atoms with E-state index in [2.05, 4.69) is 0 Å². The van der Waals surface area contributed by atoms with E-state index in [0.29, 0.717) is 30.2 Å². The third-order valence-corrected chi connectivity index (χ3v) is 5.79. The number of carbonyl (C=O) groups is 1. The van der Waals surface area contributed by atoms with Gasteiger partial charge in [0.25, 0.3) is 11.6 Å². The molecule has 0 spiro atoms. The molecule has 1 unspecified atom stereocenters. The van der Waals surface area contributed by atoms with Crippen LogP contribution in [0.3, 0.4) is 0 Å². The van der Waals surface area contributed by atoms with Gasteiger partial charge in [0, 0.05) is 24.2 Å². The van der Waals surface area contributed by atoms with Crippen LogP contribution in [-0.4, -0.2) is 43.1 Å². The predicted octanol–water partition coefficient (Wildman–Crippen LogP) is 4.57. The van der Waals surface area contributed by atoms with Gasteiger partial charge in [0.1, 0.15) is 18.2 Å². The third kappa shape index (κ3) is 4.63. The molecular formula is C25H23FN2O6. The van der Waals surface area contributed by atoms with E-state index in [1.54, 1.807) is 18.1 Å². The fraction of sp³-hybridized carbons (Fsp3) is 0.240. The monoisotopic (exact) mass is 466 g/mol. The molecule has 0 radical (unpaired) electrons. The Bertz CT molecular complexity index is 1210. The first-order valence-electron chi connectivity index (χ1n) is 10.6. The van der Waals surface area contributed by atoms with Gasteiger partial charge in [0.05, 0.1) is 25.2 Å². The Hall–Kier alpha value is -4.14. The lowest BCUT2D eigenvalue weighted by atomic mass is 9.91. The van der Waals surface area contributed by atoms with Crippen molar-refractivity contribution in [2.24, 2.45) is 0 Å². The summed E-state index contributed by atoms with van der Waals surface area (Å²) in [6.07, 6.45) is 0.574. The molecule has 1 aliphatic rings. The standard InChI is InChI=1S/C25H23FN2O6/c1-32-23-13-16-10-11-27(25(29)17-4-3-5-18(26)12-17)22(21(16)14-24(23)33-2)15-34-20-8-6-19(7-9-20)28(30)31/h3-9,12-14,22H,10-11,15H2,1-2H3. The van der Waals surface area contributed by atoms with Gasteiger partial charge in [-0.25, -0.2) is 4.39 Å². The van der Waals surface area contributed by atoms with Crippen LogP contribution in [-0.2, 0) is 6.42 Å². The molecule has 4 rings (SSSR count). The average molecular weight is 466 g/mol. The van der Waals surface area contributed by atoms with Crippen LogP contribution in [0.5, 0.6) is 17.2 Å². The fourth-order valence-electron chi connectivity index (χ4n) is 4.08. The maximum Gasteiger partial charge on any atom is 0.269 e. The molecule has 0 saturated heterocycles. The van der Waals surface area contributed by atoms with Crippen LogP contribution in [0.1, 0.15) is 27.5 Å². The smallest absolute Gasteiger partial charge is 0.269 e. The molecule has 1 atom stereocenters. The predicted molar refractivity (Wildman–Crippen MR) is 122 cm³/mol. The van der Waals surface area contributed by atoms with Crippen molar-refractivity contribution >= 4 is 11.6 Å². The summed E-state index contributed by atoms with van der Waals surface area (Å²) in [7, 11) is 3.09. The molecule has 9 heteroatoms. The summed E-state index contributed by atoms with van der Waals surface area (Å²) >= 11 is 0. The summed E-state index contributed by atoms with van der Waals surface area (Å²) in [6.45, 7) is 0.480. The number of nitro benzene ring substituents is 1. The zero-order valence-electron chi connectivity index (χ0n) is 18.7. The molecule has 0 aromatic heterocycles. The zero-order chi connectivity index (χ0) is 24.2. The van der Waals surface area contributed by atoms with Crippen molar-refractivity contribution in [3.8, 4) is 17.2 Å². The molecule has 8 nitrogen and oxygen atoms in total. The molecule has 3 aromatic carbocycles. The number of benzene rings is 3. The molecule has 1 amide bonds. The largest absolute Gasteiger partial charge is 0.493 e. The van der Waals surface area contributed by atoms with Gasteiger partial charge in [-0.3, -0.25) is 14.9 Å². The van der Waals surface area contributed by atoms with E-state index in [1.807, 2.05) is 12.1 Å². The second-order valence-electron chi connectivity index (χ2n) is 7.74. The second-order valence-corrected chi connectivity index (χ2v) is 7.74. The first kappa shape index (κ1) is 23.0. The lowest BCUT2D eigenvalue weighted by Gasteiger charge is -2.37. The van der Waals surface area contributed by atoms with Gasteiger partial charge in [-0.05, 0) is 60.0 Å². The topological polar surface area (TPSA) is 91.1 Å². The normalized spacial score (nSPS) is 14.8.